The fourth-order valence-corrected chi connectivity index (χ4v) is 3.65. The van der Waals surface area contributed by atoms with Crippen molar-refractivity contribution in [3.8, 4) is 5.75 Å². The zero-order chi connectivity index (χ0) is 20.3. The number of benzene rings is 1. The zero-order valence-corrected chi connectivity index (χ0v) is 17.4. The van der Waals surface area contributed by atoms with E-state index >= 15 is 0 Å². The second-order valence-corrected chi connectivity index (χ2v) is 7.30. The summed E-state index contributed by atoms with van der Waals surface area (Å²) in [6.07, 6.45) is 1.06. The summed E-state index contributed by atoms with van der Waals surface area (Å²) in [7, 11) is 1.90. The molecule has 3 aromatic rings. The molecule has 7 heteroatoms. The maximum Gasteiger partial charge on any atom is 0.220 e. The lowest BCUT2D eigenvalue weighted by atomic mass is 9.99. The Hall–Kier alpha value is -2.60. The second-order valence-electron chi connectivity index (χ2n) is 6.86. The Kier molecular flexibility index (Phi) is 6.19. The van der Waals surface area contributed by atoms with Crippen molar-refractivity contribution in [3.63, 3.8) is 0 Å². The van der Waals surface area contributed by atoms with Crippen LogP contribution in [0.1, 0.15) is 28.9 Å². The Morgan fingerprint density at radius 1 is 1.25 bits per heavy atom. The number of nitrogens with one attached hydrogen (secondary N) is 1. The quantitative estimate of drug-likeness (QED) is 0.614. The number of halogens is 1. The van der Waals surface area contributed by atoms with Gasteiger partial charge >= 0.3 is 0 Å². The van der Waals surface area contributed by atoms with Crippen molar-refractivity contribution in [2.75, 3.05) is 13.2 Å². The Bertz CT molecular complexity index is 1010. The van der Waals surface area contributed by atoms with Crippen LogP contribution in [0, 0.1) is 20.8 Å². The van der Waals surface area contributed by atoms with Gasteiger partial charge in [-0.1, -0.05) is 17.7 Å². The molecule has 0 radical (unpaired) electrons. The topological polar surface area (TPSA) is 69.0 Å². The lowest BCUT2D eigenvalue weighted by Gasteiger charge is -2.12. The highest BCUT2D eigenvalue weighted by Crippen LogP contribution is 2.26. The average molecular weight is 401 g/mol. The summed E-state index contributed by atoms with van der Waals surface area (Å²) in [4.78, 5) is 16.9. The number of hydrogen-bond donors (Lipinski definition) is 1. The van der Waals surface area contributed by atoms with Crippen molar-refractivity contribution in [2.45, 2.75) is 33.6 Å². The van der Waals surface area contributed by atoms with Crippen LogP contribution in [0.15, 0.2) is 24.3 Å². The molecule has 0 aliphatic rings. The fourth-order valence-electron chi connectivity index (χ4n) is 3.47. The van der Waals surface area contributed by atoms with Crippen LogP contribution in [0.2, 0.25) is 5.02 Å². The van der Waals surface area contributed by atoms with Crippen molar-refractivity contribution in [3.05, 3.63) is 51.8 Å². The Labute approximate surface area is 169 Å². The van der Waals surface area contributed by atoms with Gasteiger partial charge in [0.2, 0.25) is 5.91 Å². The number of rotatable bonds is 7. The van der Waals surface area contributed by atoms with Crippen LogP contribution in [-0.4, -0.2) is 33.8 Å². The first-order chi connectivity index (χ1) is 13.4. The molecule has 0 saturated carbocycles. The molecule has 0 unspecified atom stereocenters. The van der Waals surface area contributed by atoms with E-state index in [4.69, 9.17) is 16.3 Å². The molecule has 2 heterocycles. The summed E-state index contributed by atoms with van der Waals surface area (Å²) in [5.74, 6) is 0.690. The average Bonchev–Trinajstić information content (AvgIpc) is 2.92. The van der Waals surface area contributed by atoms with E-state index in [1.807, 2.05) is 33.0 Å². The van der Waals surface area contributed by atoms with E-state index in [0.717, 1.165) is 33.5 Å². The molecular formula is C21H25ClN4O2. The van der Waals surface area contributed by atoms with Crippen LogP contribution in [0.5, 0.6) is 5.75 Å². The van der Waals surface area contributed by atoms with Gasteiger partial charge in [-0.2, -0.15) is 5.10 Å². The standard InChI is InChI=1S/C21H25ClN4O2/c1-13-18(14(2)24-21-20(13)15(3)25-26(21)4)8-9-19(27)23-10-11-28-17-7-5-6-16(22)12-17/h5-7,12H,8-11H2,1-4H3,(H,23,27). The molecule has 0 aliphatic heterocycles. The molecule has 1 aromatic carbocycles. The first kappa shape index (κ1) is 20.1. The van der Waals surface area contributed by atoms with Gasteiger partial charge in [0.05, 0.1) is 12.2 Å². The lowest BCUT2D eigenvalue weighted by molar-refractivity contribution is -0.121. The number of nitrogens with zero attached hydrogens (tertiary/aromatic N) is 3. The molecular weight excluding hydrogens is 376 g/mol. The second kappa shape index (κ2) is 8.61. The van der Waals surface area contributed by atoms with Crippen molar-refractivity contribution in [1.82, 2.24) is 20.1 Å². The molecule has 1 N–H and O–H groups in total. The van der Waals surface area contributed by atoms with Gasteiger partial charge < -0.3 is 10.1 Å². The van der Waals surface area contributed by atoms with Crippen molar-refractivity contribution in [2.24, 2.45) is 7.05 Å². The summed E-state index contributed by atoms with van der Waals surface area (Å²) in [6.45, 7) is 6.90. The minimum Gasteiger partial charge on any atom is -0.492 e. The molecule has 0 spiro atoms. The first-order valence-corrected chi connectivity index (χ1v) is 9.69. The van der Waals surface area contributed by atoms with Gasteiger partial charge in [-0.3, -0.25) is 9.48 Å². The van der Waals surface area contributed by atoms with Crippen LogP contribution in [-0.2, 0) is 18.3 Å². The molecule has 0 aliphatic carbocycles. The SMILES string of the molecule is Cc1nc2c(c(C)nn2C)c(C)c1CCC(=O)NCCOc1cccc(Cl)c1. The van der Waals surface area contributed by atoms with Gasteiger partial charge in [0.1, 0.15) is 12.4 Å². The van der Waals surface area contributed by atoms with Crippen LogP contribution >= 0.6 is 11.6 Å². The number of aryl methyl sites for hydroxylation is 4. The number of amides is 1. The lowest BCUT2D eigenvalue weighted by Crippen LogP contribution is -2.28. The van der Waals surface area contributed by atoms with Gasteiger partial charge in [-0.15, -0.1) is 0 Å². The number of aromatic nitrogens is 3. The van der Waals surface area contributed by atoms with Crippen molar-refractivity contribution < 1.29 is 9.53 Å². The van der Waals surface area contributed by atoms with E-state index in [9.17, 15) is 4.79 Å². The molecule has 1 amide bonds. The summed E-state index contributed by atoms with van der Waals surface area (Å²) >= 11 is 5.92. The van der Waals surface area contributed by atoms with E-state index in [1.165, 1.54) is 0 Å². The number of ether oxygens (including phenoxy) is 1. The number of pyridine rings is 1. The van der Waals surface area contributed by atoms with Gasteiger partial charge in [-0.05, 0) is 56.5 Å². The van der Waals surface area contributed by atoms with Gasteiger partial charge in [0, 0.05) is 29.6 Å². The van der Waals surface area contributed by atoms with Crippen LogP contribution in [0.3, 0.4) is 0 Å². The van der Waals surface area contributed by atoms with Gasteiger partial charge in [0.25, 0.3) is 0 Å². The Balaban J connectivity index is 1.54. The zero-order valence-electron chi connectivity index (χ0n) is 16.7. The monoisotopic (exact) mass is 400 g/mol. The molecule has 0 bridgehead atoms. The molecule has 0 saturated heterocycles. The van der Waals surface area contributed by atoms with E-state index < -0.39 is 0 Å². The third-order valence-corrected chi connectivity index (χ3v) is 5.06. The smallest absolute Gasteiger partial charge is 0.220 e. The number of fused-ring (bicyclic) bond motifs is 1. The van der Waals surface area contributed by atoms with E-state index in [1.54, 1.807) is 16.8 Å². The highest BCUT2D eigenvalue weighted by Gasteiger charge is 2.16. The molecule has 0 fully saturated rings. The fraction of sp³-hybridized carbons (Fsp3) is 0.381. The maximum absolute atomic E-state index is 12.2. The summed E-state index contributed by atoms with van der Waals surface area (Å²) in [5.41, 5.74) is 5.08. The Morgan fingerprint density at radius 2 is 2.04 bits per heavy atom. The minimum atomic E-state index is -0.00324. The predicted molar refractivity (Wildman–Crippen MR) is 111 cm³/mol. The predicted octanol–water partition coefficient (Wildman–Crippen LogP) is 3.67. The van der Waals surface area contributed by atoms with E-state index in [2.05, 4.69) is 22.3 Å². The number of hydrogen-bond acceptors (Lipinski definition) is 4. The van der Waals surface area contributed by atoms with Crippen LogP contribution in [0.4, 0.5) is 0 Å². The van der Waals surface area contributed by atoms with E-state index in [-0.39, 0.29) is 5.91 Å². The van der Waals surface area contributed by atoms with E-state index in [0.29, 0.717) is 36.8 Å². The molecule has 6 nitrogen and oxygen atoms in total. The summed E-state index contributed by atoms with van der Waals surface area (Å²) in [5, 5.41) is 9.07. The highest BCUT2D eigenvalue weighted by molar-refractivity contribution is 6.30. The van der Waals surface area contributed by atoms with Crippen LogP contribution in [0.25, 0.3) is 11.0 Å². The highest BCUT2D eigenvalue weighted by atomic mass is 35.5. The van der Waals surface area contributed by atoms with Crippen molar-refractivity contribution >= 4 is 28.5 Å². The number of carbonyl (C=O) groups excluding carboxylic acids is 1. The Morgan fingerprint density at radius 3 is 2.79 bits per heavy atom. The first-order valence-electron chi connectivity index (χ1n) is 9.31. The third-order valence-electron chi connectivity index (χ3n) is 4.82. The molecule has 28 heavy (non-hydrogen) atoms. The maximum atomic E-state index is 12.2. The largest absolute Gasteiger partial charge is 0.492 e. The molecule has 2 aromatic heterocycles. The molecule has 0 atom stereocenters. The summed E-state index contributed by atoms with van der Waals surface area (Å²) < 4.78 is 7.39. The van der Waals surface area contributed by atoms with Gasteiger partial charge in [-0.25, -0.2) is 4.98 Å². The summed E-state index contributed by atoms with van der Waals surface area (Å²) in [6, 6.07) is 7.20. The minimum absolute atomic E-state index is 0.00324. The normalized spacial score (nSPS) is 11.0. The van der Waals surface area contributed by atoms with Crippen LogP contribution < -0.4 is 10.1 Å². The van der Waals surface area contributed by atoms with Gasteiger partial charge in [0.15, 0.2) is 5.65 Å². The molecule has 148 valence electrons. The third kappa shape index (κ3) is 4.44. The molecule has 3 rings (SSSR count). The van der Waals surface area contributed by atoms with Crippen molar-refractivity contribution in [1.29, 1.82) is 0 Å². The number of carbonyl (C=O) groups is 1.